The van der Waals surface area contributed by atoms with E-state index in [0.717, 1.165) is 0 Å². The molecule has 0 aliphatic heterocycles. The predicted octanol–water partition coefficient (Wildman–Crippen LogP) is 0.699. The van der Waals surface area contributed by atoms with Crippen molar-refractivity contribution in [3.8, 4) is 0 Å². The summed E-state index contributed by atoms with van der Waals surface area (Å²) in [6.45, 7) is 3.79. The Bertz CT molecular complexity index is 277. The number of carboxylic acid groups (broad SMARTS) is 1. The largest absolute Gasteiger partial charge is 0.480 e. The molecule has 0 saturated heterocycles. The molecule has 0 spiro atoms. The lowest BCUT2D eigenvalue weighted by Gasteiger charge is -2.13. The van der Waals surface area contributed by atoms with E-state index in [1.807, 2.05) is 6.92 Å². The van der Waals surface area contributed by atoms with Crippen LogP contribution in [0, 0.1) is 0 Å². The van der Waals surface area contributed by atoms with E-state index in [9.17, 15) is 14.4 Å². The van der Waals surface area contributed by atoms with Crippen LogP contribution in [0.1, 0.15) is 39.5 Å². The van der Waals surface area contributed by atoms with E-state index in [2.05, 4.69) is 10.1 Å². The van der Waals surface area contributed by atoms with Gasteiger partial charge in [0.05, 0.1) is 13.0 Å². The molecule has 0 aromatic carbocycles. The number of aliphatic carboxylic acids is 1. The second-order valence-electron chi connectivity index (χ2n) is 3.55. The Morgan fingerprint density at radius 1 is 1.24 bits per heavy atom. The van der Waals surface area contributed by atoms with E-state index in [0.29, 0.717) is 12.8 Å². The topological polar surface area (TPSA) is 92.7 Å². The normalized spacial score (nSPS) is 11.6. The first kappa shape index (κ1) is 15.4. The summed E-state index contributed by atoms with van der Waals surface area (Å²) in [5.41, 5.74) is 0. The fraction of sp³-hybridized carbons (Fsp3) is 0.727. The molecule has 0 aromatic rings. The third-order valence-electron chi connectivity index (χ3n) is 2.07. The molecule has 2 N–H and O–H groups in total. The average Bonchev–Trinajstić information content (AvgIpc) is 2.26. The minimum atomic E-state index is -1.06. The Labute approximate surface area is 100 Å². The number of ether oxygens (including phenoxy) is 1. The fourth-order valence-electron chi connectivity index (χ4n) is 1.26. The standard InChI is InChI=1S/C11H19NO5/c1-3-5-8(11(15)16)12-9(13)6-7-10(14)17-4-2/h8H,3-7H2,1-2H3,(H,12,13)(H,15,16). The summed E-state index contributed by atoms with van der Waals surface area (Å²) in [6, 6.07) is -0.880. The summed E-state index contributed by atoms with van der Waals surface area (Å²) >= 11 is 0. The maximum atomic E-state index is 11.4. The molecule has 0 aromatic heterocycles. The van der Waals surface area contributed by atoms with E-state index < -0.39 is 23.9 Å². The summed E-state index contributed by atoms with van der Waals surface area (Å²) in [7, 11) is 0. The van der Waals surface area contributed by atoms with Crippen molar-refractivity contribution in [1.82, 2.24) is 5.32 Å². The highest BCUT2D eigenvalue weighted by Crippen LogP contribution is 1.99. The Morgan fingerprint density at radius 2 is 1.88 bits per heavy atom. The Kier molecular flexibility index (Phi) is 7.75. The second kappa shape index (κ2) is 8.55. The smallest absolute Gasteiger partial charge is 0.326 e. The minimum absolute atomic E-state index is 0.0296. The first-order chi connectivity index (χ1) is 8.01. The summed E-state index contributed by atoms with van der Waals surface area (Å²) < 4.78 is 4.66. The van der Waals surface area contributed by atoms with Crippen LogP contribution >= 0.6 is 0 Å². The van der Waals surface area contributed by atoms with Crippen LogP contribution in [0.25, 0.3) is 0 Å². The SMILES string of the molecule is CCCC(NC(=O)CCC(=O)OCC)C(=O)O. The molecule has 0 saturated carbocycles. The van der Waals surface area contributed by atoms with Crippen molar-refractivity contribution >= 4 is 17.8 Å². The third-order valence-corrected chi connectivity index (χ3v) is 2.07. The van der Waals surface area contributed by atoms with Crippen LogP contribution in [0.2, 0.25) is 0 Å². The average molecular weight is 245 g/mol. The number of hydrogen-bond acceptors (Lipinski definition) is 4. The number of nitrogens with one attached hydrogen (secondary N) is 1. The van der Waals surface area contributed by atoms with E-state index in [4.69, 9.17) is 5.11 Å². The van der Waals surface area contributed by atoms with Crippen LogP contribution in [0.15, 0.2) is 0 Å². The zero-order valence-electron chi connectivity index (χ0n) is 10.2. The van der Waals surface area contributed by atoms with E-state index in [-0.39, 0.29) is 19.4 Å². The van der Waals surface area contributed by atoms with Crippen molar-refractivity contribution in [1.29, 1.82) is 0 Å². The second-order valence-corrected chi connectivity index (χ2v) is 3.55. The molecular weight excluding hydrogens is 226 g/mol. The Balaban J connectivity index is 3.98. The van der Waals surface area contributed by atoms with Crippen molar-refractivity contribution in [3.63, 3.8) is 0 Å². The Morgan fingerprint density at radius 3 is 2.35 bits per heavy atom. The van der Waals surface area contributed by atoms with E-state index in [1.54, 1.807) is 6.92 Å². The third kappa shape index (κ3) is 7.32. The zero-order chi connectivity index (χ0) is 13.3. The highest BCUT2D eigenvalue weighted by atomic mass is 16.5. The van der Waals surface area contributed by atoms with E-state index in [1.165, 1.54) is 0 Å². The molecule has 0 heterocycles. The quantitative estimate of drug-likeness (QED) is 0.614. The zero-order valence-corrected chi connectivity index (χ0v) is 10.2. The van der Waals surface area contributed by atoms with Crippen LogP contribution in [0.4, 0.5) is 0 Å². The molecule has 0 bridgehead atoms. The van der Waals surface area contributed by atoms with E-state index >= 15 is 0 Å². The number of carbonyl (C=O) groups excluding carboxylic acids is 2. The number of hydrogen-bond donors (Lipinski definition) is 2. The lowest BCUT2D eigenvalue weighted by atomic mass is 10.1. The van der Waals surface area contributed by atoms with Gasteiger partial charge in [-0.3, -0.25) is 9.59 Å². The Hall–Kier alpha value is -1.59. The molecule has 0 fully saturated rings. The predicted molar refractivity (Wildman–Crippen MR) is 60.3 cm³/mol. The molecule has 0 aliphatic rings. The molecule has 1 atom stereocenters. The highest BCUT2D eigenvalue weighted by molar-refractivity contribution is 5.85. The van der Waals surface area contributed by atoms with Crippen molar-refractivity contribution < 1.29 is 24.2 Å². The van der Waals surface area contributed by atoms with Crippen molar-refractivity contribution in [2.45, 2.75) is 45.6 Å². The monoisotopic (exact) mass is 245 g/mol. The molecule has 1 amide bonds. The summed E-state index contributed by atoms with van der Waals surface area (Å²) in [5, 5.41) is 11.2. The number of carboxylic acids is 1. The van der Waals surface area contributed by atoms with Gasteiger partial charge in [-0.2, -0.15) is 0 Å². The molecule has 17 heavy (non-hydrogen) atoms. The van der Waals surface area contributed by atoms with Crippen molar-refractivity contribution in [2.24, 2.45) is 0 Å². The maximum Gasteiger partial charge on any atom is 0.326 e. The summed E-state index contributed by atoms with van der Waals surface area (Å²) in [4.78, 5) is 33.1. The van der Waals surface area contributed by atoms with Gasteiger partial charge < -0.3 is 15.2 Å². The first-order valence-electron chi connectivity index (χ1n) is 5.69. The summed E-state index contributed by atoms with van der Waals surface area (Å²) in [6.07, 6.45) is 0.958. The van der Waals surface area contributed by atoms with Crippen LogP contribution in [-0.2, 0) is 19.1 Å². The molecular formula is C11H19NO5. The van der Waals surface area contributed by atoms with Gasteiger partial charge in [-0.15, -0.1) is 0 Å². The van der Waals surface area contributed by atoms with Gasteiger partial charge in [0.15, 0.2) is 0 Å². The van der Waals surface area contributed by atoms with Gasteiger partial charge in [-0.25, -0.2) is 4.79 Å². The van der Waals surface area contributed by atoms with Crippen molar-refractivity contribution in [2.75, 3.05) is 6.61 Å². The number of amides is 1. The molecule has 6 heteroatoms. The van der Waals surface area contributed by atoms with Crippen LogP contribution in [0.5, 0.6) is 0 Å². The lowest BCUT2D eigenvalue weighted by Crippen LogP contribution is -2.40. The summed E-state index contributed by atoms with van der Waals surface area (Å²) in [5.74, 6) is -1.96. The van der Waals surface area contributed by atoms with Gasteiger partial charge in [0.2, 0.25) is 5.91 Å². The van der Waals surface area contributed by atoms with Gasteiger partial charge in [-0.1, -0.05) is 13.3 Å². The van der Waals surface area contributed by atoms with Crippen molar-refractivity contribution in [3.05, 3.63) is 0 Å². The molecule has 0 rings (SSSR count). The molecule has 0 aliphatic carbocycles. The molecule has 6 nitrogen and oxygen atoms in total. The number of rotatable bonds is 8. The first-order valence-corrected chi connectivity index (χ1v) is 5.69. The van der Waals surface area contributed by atoms with Crippen LogP contribution in [-0.4, -0.2) is 35.6 Å². The lowest BCUT2D eigenvalue weighted by molar-refractivity contribution is -0.145. The van der Waals surface area contributed by atoms with Crippen LogP contribution in [0.3, 0.4) is 0 Å². The molecule has 1 unspecified atom stereocenters. The molecule has 0 radical (unpaired) electrons. The minimum Gasteiger partial charge on any atom is -0.480 e. The van der Waals surface area contributed by atoms with Gasteiger partial charge >= 0.3 is 11.9 Å². The van der Waals surface area contributed by atoms with Gasteiger partial charge in [0, 0.05) is 6.42 Å². The van der Waals surface area contributed by atoms with Crippen LogP contribution < -0.4 is 5.32 Å². The molecule has 98 valence electrons. The fourth-order valence-corrected chi connectivity index (χ4v) is 1.26. The highest BCUT2D eigenvalue weighted by Gasteiger charge is 2.19. The van der Waals surface area contributed by atoms with Gasteiger partial charge in [-0.05, 0) is 13.3 Å². The van der Waals surface area contributed by atoms with Gasteiger partial charge in [0.25, 0.3) is 0 Å². The number of carbonyl (C=O) groups is 3. The number of esters is 1. The maximum absolute atomic E-state index is 11.4. The van der Waals surface area contributed by atoms with Gasteiger partial charge in [0.1, 0.15) is 6.04 Å².